The number of likely N-dealkylation sites (tertiary alicyclic amines) is 1. The summed E-state index contributed by atoms with van der Waals surface area (Å²) in [5, 5.41) is 16.9. The number of rotatable bonds is 2. The molecule has 1 fully saturated rings. The number of nitrogens with one attached hydrogen (secondary N) is 1. The normalized spacial score (nSPS) is 14.7. The molecule has 0 aromatic heterocycles. The fourth-order valence-corrected chi connectivity index (χ4v) is 1.89. The van der Waals surface area contributed by atoms with E-state index in [9.17, 15) is 0 Å². The van der Waals surface area contributed by atoms with Crippen molar-refractivity contribution in [1.29, 1.82) is 5.41 Å². The largest absolute Gasteiger partial charge is 0.392 e. The Kier molecular flexibility index (Phi) is 4.77. The third-order valence-corrected chi connectivity index (χ3v) is 2.83. The van der Waals surface area contributed by atoms with E-state index >= 15 is 0 Å². The molecule has 1 aromatic rings. The highest BCUT2D eigenvalue weighted by atomic mass is 35.5. The Morgan fingerprint density at radius 1 is 1.19 bits per heavy atom. The van der Waals surface area contributed by atoms with Gasteiger partial charge in [-0.2, -0.15) is 0 Å². The molecule has 1 saturated heterocycles. The summed E-state index contributed by atoms with van der Waals surface area (Å²) in [4.78, 5) is 2.11. The van der Waals surface area contributed by atoms with Gasteiger partial charge in [-0.15, -0.1) is 12.4 Å². The Hall–Kier alpha value is -1.06. The van der Waals surface area contributed by atoms with Crippen molar-refractivity contribution in [1.82, 2.24) is 4.90 Å². The van der Waals surface area contributed by atoms with Crippen molar-refractivity contribution in [2.45, 2.75) is 19.4 Å². The molecule has 0 atom stereocenters. The van der Waals surface area contributed by atoms with E-state index in [1.807, 2.05) is 24.3 Å². The minimum absolute atomic E-state index is 0. The van der Waals surface area contributed by atoms with Crippen LogP contribution < -0.4 is 0 Å². The van der Waals surface area contributed by atoms with Crippen LogP contribution in [0.4, 0.5) is 0 Å². The fourth-order valence-electron chi connectivity index (χ4n) is 1.89. The maximum absolute atomic E-state index is 8.91. The fraction of sp³-hybridized carbons (Fsp3) is 0.417. The van der Waals surface area contributed by atoms with Crippen molar-refractivity contribution >= 4 is 18.2 Å². The topological polar surface area (TPSA) is 47.3 Å². The Bertz CT molecular complexity index is 345. The van der Waals surface area contributed by atoms with Crippen molar-refractivity contribution in [2.75, 3.05) is 13.1 Å². The van der Waals surface area contributed by atoms with Gasteiger partial charge in [0.25, 0.3) is 0 Å². The first-order valence-corrected chi connectivity index (χ1v) is 5.35. The molecule has 2 N–H and O–H groups in total. The zero-order valence-electron chi connectivity index (χ0n) is 9.15. The van der Waals surface area contributed by atoms with E-state index in [4.69, 9.17) is 10.5 Å². The van der Waals surface area contributed by atoms with E-state index in [0.717, 1.165) is 24.2 Å². The Balaban J connectivity index is 0.00000128. The van der Waals surface area contributed by atoms with Gasteiger partial charge in [0.2, 0.25) is 0 Å². The molecule has 88 valence electrons. The number of amidine groups is 1. The van der Waals surface area contributed by atoms with Crippen LogP contribution in [-0.4, -0.2) is 28.9 Å². The van der Waals surface area contributed by atoms with Crippen LogP contribution in [0.25, 0.3) is 0 Å². The summed E-state index contributed by atoms with van der Waals surface area (Å²) >= 11 is 0. The summed E-state index contributed by atoms with van der Waals surface area (Å²) < 4.78 is 0. The molecule has 2 rings (SSSR count). The van der Waals surface area contributed by atoms with Gasteiger partial charge >= 0.3 is 0 Å². The van der Waals surface area contributed by atoms with E-state index in [-0.39, 0.29) is 19.0 Å². The SMILES string of the molecule is Cl.N=C(c1ccc(CO)cc1)N1CCCC1. The van der Waals surface area contributed by atoms with Gasteiger partial charge in [0.1, 0.15) is 5.84 Å². The van der Waals surface area contributed by atoms with E-state index < -0.39 is 0 Å². The second-order valence-electron chi connectivity index (χ2n) is 3.90. The zero-order chi connectivity index (χ0) is 10.7. The quantitative estimate of drug-likeness (QED) is 0.614. The molecular formula is C12H17ClN2O. The lowest BCUT2D eigenvalue weighted by Crippen LogP contribution is -2.27. The first kappa shape index (κ1) is 13.0. The van der Waals surface area contributed by atoms with Gasteiger partial charge in [-0.25, -0.2) is 0 Å². The third-order valence-electron chi connectivity index (χ3n) is 2.83. The number of hydrogen-bond acceptors (Lipinski definition) is 2. The van der Waals surface area contributed by atoms with Gasteiger partial charge < -0.3 is 10.0 Å². The molecule has 0 spiro atoms. The number of nitrogens with zero attached hydrogens (tertiary/aromatic N) is 1. The Morgan fingerprint density at radius 3 is 2.25 bits per heavy atom. The van der Waals surface area contributed by atoms with Crippen LogP contribution in [0.3, 0.4) is 0 Å². The van der Waals surface area contributed by atoms with Crippen LogP contribution in [0.2, 0.25) is 0 Å². The highest BCUT2D eigenvalue weighted by molar-refractivity contribution is 5.96. The van der Waals surface area contributed by atoms with E-state index in [1.54, 1.807) is 0 Å². The van der Waals surface area contributed by atoms with E-state index in [2.05, 4.69) is 4.90 Å². The lowest BCUT2D eigenvalue weighted by Gasteiger charge is -2.18. The van der Waals surface area contributed by atoms with Crippen LogP contribution in [0.1, 0.15) is 24.0 Å². The Morgan fingerprint density at radius 2 is 1.75 bits per heavy atom. The number of aliphatic hydroxyl groups excluding tert-OH is 1. The minimum atomic E-state index is 0. The van der Waals surface area contributed by atoms with Gasteiger partial charge in [0, 0.05) is 18.7 Å². The zero-order valence-corrected chi connectivity index (χ0v) is 9.96. The van der Waals surface area contributed by atoms with Gasteiger partial charge in [-0.3, -0.25) is 5.41 Å². The third kappa shape index (κ3) is 2.74. The standard InChI is InChI=1S/C12H16N2O.ClH/c13-12(14-7-1-2-8-14)11-5-3-10(9-15)4-6-11;/h3-6,13,15H,1-2,7-9H2;1H. The molecule has 0 saturated carbocycles. The van der Waals surface area contributed by atoms with Crippen LogP contribution >= 0.6 is 12.4 Å². The molecule has 1 aliphatic heterocycles. The van der Waals surface area contributed by atoms with Crippen LogP contribution in [0, 0.1) is 5.41 Å². The molecule has 4 heteroatoms. The summed E-state index contributed by atoms with van der Waals surface area (Å²) in [6.45, 7) is 2.07. The molecule has 1 aliphatic rings. The monoisotopic (exact) mass is 240 g/mol. The maximum Gasteiger partial charge on any atom is 0.128 e. The molecule has 0 bridgehead atoms. The van der Waals surface area contributed by atoms with Gasteiger partial charge in [-0.1, -0.05) is 24.3 Å². The highest BCUT2D eigenvalue weighted by Crippen LogP contribution is 2.13. The number of aliphatic hydroxyl groups is 1. The number of hydrogen-bond donors (Lipinski definition) is 2. The second kappa shape index (κ2) is 5.87. The van der Waals surface area contributed by atoms with Crippen molar-refractivity contribution in [3.63, 3.8) is 0 Å². The Labute approximate surface area is 102 Å². The van der Waals surface area contributed by atoms with Crippen molar-refractivity contribution in [2.24, 2.45) is 0 Å². The minimum Gasteiger partial charge on any atom is -0.392 e. The predicted octanol–water partition coefficient (Wildman–Crippen LogP) is 2.02. The molecule has 0 aliphatic carbocycles. The number of halogens is 1. The summed E-state index contributed by atoms with van der Waals surface area (Å²) in [5.74, 6) is 0.608. The molecule has 0 amide bonds. The molecular weight excluding hydrogens is 224 g/mol. The average Bonchev–Trinajstić information content (AvgIpc) is 2.82. The second-order valence-corrected chi connectivity index (χ2v) is 3.90. The average molecular weight is 241 g/mol. The summed E-state index contributed by atoms with van der Waals surface area (Å²) in [6.07, 6.45) is 2.38. The molecule has 1 aromatic carbocycles. The van der Waals surface area contributed by atoms with Crippen LogP contribution in [0.15, 0.2) is 24.3 Å². The summed E-state index contributed by atoms with van der Waals surface area (Å²) in [7, 11) is 0. The van der Waals surface area contributed by atoms with Crippen LogP contribution in [-0.2, 0) is 6.61 Å². The molecule has 0 unspecified atom stereocenters. The first-order valence-electron chi connectivity index (χ1n) is 5.35. The molecule has 0 radical (unpaired) electrons. The van der Waals surface area contributed by atoms with Crippen molar-refractivity contribution in [3.05, 3.63) is 35.4 Å². The summed E-state index contributed by atoms with van der Waals surface area (Å²) in [5.41, 5.74) is 1.84. The molecule has 16 heavy (non-hydrogen) atoms. The first-order chi connectivity index (χ1) is 7.31. The molecule has 3 nitrogen and oxygen atoms in total. The highest BCUT2D eigenvalue weighted by Gasteiger charge is 2.15. The van der Waals surface area contributed by atoms with Gasteiger partial charge in [-0.05, 0) is 18.4 Å². The molecule has 1 heterocycles. The van der Waals surface area contributed by atoms with E-state index in [0.29, 0.717) is 5.84 Å². The van der Waals surface area contributed by atoms with Gasteiger partial charge in [0.05, 0.1) is 6.61 Å². The van der Waals surface area contributed by atoms with E-state index in [1.165, 1.54) is 12.8 Å². The smallest absolute Gasteiger partial charge is 0.128 e. The van der Waals surface area contributed by atoms with Crippen molar-refractivity contribution < 1.29 is 5.11 Å². The summed E-state index contributed by atoms with van der Waals surface area (Å²) in [6, 6.07) is 7.57. The predicted molar refractivity (Wildman–Crippen MR) is 67.2 cm³/mol. The van der Waals surface area contributed by atoms with Crippen LogP contribution in [0.5, 0.6) is 0 Å². The maximum atomic E-state index is 8.91. The van der Waals surface area contributed by atoms with Crippen molar-refractivity contribution in [3.8, 4) is 0 Å². The lowest BCUT2D eigenvalue weighted by molar-refractivity contribution is 0.282. The lowest BCUT2D eigenvalue weighted by atomic mass is 10.1. The number of benzene rings is 1. The van der Waals surface area contributed by atoms with Gasteiger partial charge in [0.15, 0.2) is 0 Å².